The van der Waals surface area contributed by atoms with Crippen molar-refractivity contribution in [3.63, 3.8) is 0 Å². The highest BCUT2D eigenvalue weighted by molar-refractivity contribution is 5.75. The van der Waals surface area contributed by atoms with Crippen molar-refractivity contribution in [3.8, 4) is 0 Å². The molecule has 1 aliphatic rings. The number of carbonyl (C=O) groups is 1. The molecule has 2 unspecified atom stereocenters. The Morgan fingerprint density at radius 1 is 1.27 bits per heavy atom. The second kappa shape index (κ2) is 3.37. The predicted octanol–water partition coefficient (Wildman–Crippen LogP) is 2.80. The van der Waals surface area contributed by atoms with Gasteiger partial charge in [-0.1, -0.05) is 17.7 Å². The van der Waals surface area contributed by atoms with Crippen LogP contribution in [0.4, 0.5) is 0 Å². The Labute approximate surface area is 89.9 Å². The Balaban J connectivity index is 2.34. The highest BCUT2D eigenvalue weighted by Crippen LogP contribution is 2.49. The Bertz CT molecular complexity index is 398. The van der Waals surface area contributed by atoms with Gasteiger partial charge in [0.05, 0.1) is 5.92 Å². The minimum Gasteiger partial charge on any atom is -0.481 e. The molecule has 15 heavy (non-hydrogen) atoms. The van der Waals surface area contributed by atoms with E-state index in [0.717, 1.165) is 6.42 Å². The van der Waals surface area contributed by atoms with Crippen LogP contribution < -0.4 is 0 Å². The number of hydrogen-bond donors (Lipinski definition) is 1. The lowest BCUT2D eigenvalue weighted by molar-refractivity contribution is -0.138. The minimum absolute atomic E-state index is 0.148. The van der Waals surface area contributed by atoms with Gasteiger partial charge in [0.2, 0.25) is 0 Å². The minimum atomic E-state index is -0.653. The van der Waals surface area contributed by atoms with Gasteiger partial charge in [-0.05, 0) is 49.8 Å². The first-order valence-corrected chi connectivity index (χ1v) is 5.31. The van der Waals surface area contributed by atoms with Crippen molar-refractivity contribution in [2.45, 2.75) is 33.1 Å². The topological polar surface area (TPSA) is 37.3 Å². The molecule has 1 aromatic rings. The number of hydrogen-bond acceptors (Lipinski definition) is 1. The molecular weight excluding hydrogens is 188 g/mol. The zero-order chi connectivity index (χ0) is 11.2. The molecule has 2 atom stereocenters. The summed E-state index contributed by atoms with van der Waals surface area (Å²) in [6.45, 7) is 6.23. The second-order valence-corrected chi connectivity index (χ2v) is 4.60. The van der Waals surface area contributed by atoms with E-state index < -0.39 is 5.97 Å². The molecule has 0 aromatic heterocycles. The number of benzene rings is 1. The van der Waals surface area contributed by atoms with Gasteiger partial charge in [-0.25, -0.2) is 0 Å². The summed E-state index contributed by atoms with van der Waals surface area (Å²) in [5.41, 5.74) is 4.98. The SMILES string of the molecule is Cc1cc(C)c(C2CC2C(=O)O)c(C)c1. The second-order valence-electron chi connectivity index (χ2n) is 4.60. The first kappa shape index (κ1) is 10.2. The molecule has 2 nitrogen and oxygen atoms in total. The molecule has 1 aromatic carbocycles. The van der Waals surface area contributed by atoms with Crippen LogP contribution in [-0.2, 0) is 4.79 Å². The lowest BCUT2D eigenvalue weighted by Crippen LogP contribution is -2.01. The van der Waals surface area contributed by atoms with Crippen molar-refractivity contribution in [2.75, 3.05) is 0 Å². The molecule has 0 heterocycles. The predicted molar refractivity (Wildman–Crippen MR) is 59.1 cm³/mol. The van der Waals surface area contributed by atoms with Crippen LogP contribution in [0.5, 0.6) is 0 Å². The summed E-state index contributed by atoms with van der Waals surface area (Å²) >= 11 is 0. The molecule has 2 rings (SSSR count). The summed E-state index contributed by atoms with van der Waals surface area (Å²) in [5, 5.41) is 8.92. The van der Waals surface area contributed by atoms with Crippen molar-refractivity contribution in [3.05, 3.63) is 34.4 Å². The molecule has 0 bridgehead atoms. The molecule has 0 amide bonds. The van der Waals surface area contributed by atoms with Gasteiger partial charge in [0.1, 0.15) is 0 Å². The van der Waals surface area contributed by atoms with E-state index >= 15 is 0 Å². The van der Waals surface area contributed by atoms with Gasteiger partial charge in [-0.3, -0.25) is 4.79 Å². The van der Waals surface area contributed by atoms with Gasteiger partial charge < -0.3 is 5.11 Å². The van der Waals surface area contributed by atoms with Crippen LogP contribution in [-0.4, -0.2) is 11.1 Å². The van der Waals surface area contributed by atoms with Crippen LogP contribution in [0.2, 0.25) is 0 Å². The van der Waals surface area contributed by atoms with E-state index in [-0.39, 0.29) is 11.8 Å². The van der Waals surface area contributed by atoms with Crippen LogP contribution in [0.15, 0.2) is 12.1 Å². The molecular formula is C13H16O2. The van der Waals surface area contributed by atoms with Crippen molar-refractivity contribution in [1.82, 2.24) is 0 Å². The van der Waals surface area contributed by atoms with Crippen LogP contribution in [0.3, 0.4) is 0 Å². The van der Waals surface area contributed by atoms with E-state index in [1.165, 1.54) is 22.3 Å². The van der Waals surface area contributed by atoms with Crippen molar-refractivity contribution >= 4 is 5.97 Å². The van der Waals surface area contributed by atoms with Crippen molar-refractivity contribution in [2.24, 2.45) is 5.92 Å². The van der Waals surface area contributed by atoms with E-state index in [4.69, 9.17) is 5.11 Å². The van der Waals surface area contributed by atoms with Gasteiger partial charge >= 0.3 is 5.97 Å². The van der Waals surface area contributed by atoms with E-state index in [9.17, 15) is 4.79 Å². The van der Waals surface area contributed by atoms with E-state index in [0.29, 0.717) is 0 Å². The number of carboxylic acids is 1. The van der Waals surface area contributed by atoms with Crippen LogP contribution in [0.1, 0.15) is 34.6 Å². The molecule has 1 saturated carbocycles. The molecule has 1 fully saturated rings. The van der Waals surface area contributed by atoms with Gasteiger partial charge in [0.25, 0.3) is 0 Å². The maximum Gasteiger partial charge on any atom is 0.307 e. The Morgan fingerprint density at radius 3 is 2.20 bits per heavy atom. The Hall–Kier alpha value is -1.31. The van der Waals surface area contributed by atoms with Crippen molar-refractivity contribution < 1.29 is 9.90 Å². The summed E-state index contributed by atoms with van der Waals surface area (Å²) in [6.07, 6.45) is 0.806. The molecule has 0 saturated heterocycles. The van der Waals surface area contributed by atoms with E-state index in [1.807, 2.05) is 0 Å². The summed E-state index contributed by atoms with van der Waals surface area (Å²) in [6, 6.07) is 4.28. The molecule has 0 spiro atoms. The van der Waals surface area contributed by atoms with Gasteiger partial charge in [-0.2, -0.15) is 0 Å². The Kier molecular flexibility index (Phi) is 2.29. The van der Waals surface area contributed by atoms with E-state index in [1.54, 1.807) is 0 Å². The highest BCUT2D eigenvalue weighted by Gasteiger charge is 2.45. The lowest BCUT2D eigenvalue weighted by Gasteiger charge is -2.10. The number of rotatable bonds is 2. The standard InChI is InChI=1S/C13H16O2/c1-7-4-8(2)12(9(3)5-7)10-6-11(10)13(14)15/h4-5,10-11H,6H2,1-3H3,(H,14,15). The zero-order valence-electron chi connectivity index (χ0n) is 9.37. The maximum absolute atomic E-state index is 10.8. The van der Waals surface area contributed by atoms with E-state index in [2.05, 4.69) is 32.9 Å². The molecule has 0 aliphatic heterocycles. The van der Waals surface area contributed by atoms with Crippen LogP contribution in [0, 0.1) is 26.7 Å². The lowest BCUT2D eigenvalue weighted by atomic mass is 9.95. The summed E-state index contributed by atoms with van der Waals surface area (Å²) in [5.74, 6) is -0.549. The first-order valence-electron chi connectivity index (χ1n) is 5.31. The molecule has 80 valence electrons. The van der Waals surface area contributed by atoms with Gasteiger partial charge in [0, 0.05) is 0 Å². The highest BCUT2D eigenvalue weighted by atomic mass is 16.4. The normalized spacial score (nSPS) is 23.9. The van der Waals surface area contributed by atoms with Gasteiger partial charge in [-0.15, -0.1) is 0 Å². The number of aryl methyl sites for hydroxylation is 3. The molecule has 1 aliphatic carbocycles. The van der Waals surface area contributed by atoms with Crippen LogP contribution in [0.25, 0.3) is 0 Å². The fourth-order valence-corrected chi connectivity index (χ4v) is 2.56. The third-order valence-corrected chi connectivity index (χ3v) is 3.22. The number of aliphatic carboxylic acids is 1. The zero-order valence-corrected chi connectivity index (χ0v) is 9.37. The Morgan fingerprint density at radius 2 is 1.80 bits per heavy atom. The maximum atomic E-state index is 10.8. The smallest absolute Gasteiger partial charge is 0.307 e. The number of carboxylic acid groups (broad SMARTS) is 1. The third kappa shape index (κ3) is 1.76. The fraction of sp³-hybridized carbons (Fsp3) is 0.462. The van der Waals surface area contributed by atoms with Crippen molar-refractivity contribution in [1.29, 1.82) is 0 Å². The summed E-state index contributed by atoms with van der Waals surface area (Å²) in [4.78, 5) is 10.8. The average Bonchev–Trinajstić information content (AvgIpc) is 2.81. The molecule has 1 N–H and O–H groups in total. The first-order chi connectivity index (χ1) is 7.00. The van der Waals surface area contributed by atoms with Gasteiger partial charge in [0.15, 0.2) is 0 Å². The summed E-state index contributed by atoms with van der Waals surface area (Å²) < 4.78 is 0. The quantitative estimate of drug-likeness (QED) is 0.804. The largest absolute Gasteiger partial charge is 0.481 e. The summed E-state index contributed by atoms with van der Waals surface area (Å²) in [7, 11) is 0. The molecule has 0 radical (unpaired) electrons. The molecule has 2 heteroatoms. The average molecular weight is 204 g/mol. The van der Waals surface area contributed by atoms with Crippen LogP contribution >= 0.6 is 0 Å². The third-order valence-electron chi connectivity index (χ3n) is 3.22. The monoisotopic (exact) mass is 204 g/mol. The fourth-order valence-electron chi connectivity index (χ4n) is 2.56.